The smallest absolute Gasteiger partial charge is 0.324 e. The van der Waals surface area contributed by atoms with Gasteiger partial charge in [0.2, 0.25) is 5.91 Å². The average Bonchev–Trinajstić information content (AvgIpc) is 2.70. The standard InChI is InChI=1S/C10H19N3O2/c11-6-2-1-5-9(14)12-10(15)13-7-3-4-8-13/h1-8,11H2,(H,12,14,15). The zero-order valence-corrected chi connectivity index (χ0v) is 9.00. The zero-order chi connectivity index (χ0) is 11.1. The van der Waals surface area contributed by atoms with Crippen LogP contribution in [0.2, 0.25) is 0 Å². The molecule has 5 nitrogen and oxygen atoms in total. The third-order valence-corrected chi connectivity index (χ3v) is 2.50. The number of amides is 3. The molecule has 1 rings (SSSR count). The molecule has 0 aromatic rings. The number of carbonyl (C=O) groups is 2. The highest BCUT2D eigenvalue weighted by Crippen LogP contribution is 2.07. The summed E-state index contributed by atoms with van der Waals surface area (Å²) in [4.78, 5) is 24.4. The van der Waals surface area contributed by atoms with E-state index in [2.05, 4.69) is 5.32 Å². The second kappa shape index (κ2) is 6.40. The van der Waals surface area contributed by atoms with Crippen molar-refractivity contribution in [3.8, 4) is 0 Å². The van der Waals surface area contributed by atoms with E-state index in [9.17, 15) is 9.59 Å². The van der Waals surface area contributed by atoms with E-state index in [1.165, 1.54) is 0 Å². The lowest BCUT2D eigenvalue weighted by Crippen LogP contribution is -2.41. The fraction of sp³-hybridized carbons (Fsp3) is 0.800. The van der Waals surface area contributed by atoms with Gasteiger partial charge < -0.3 is 10.6 Å². The first kappa shape index (κ1) is 12.0. The van der Waals surface area contributed by atoms with Crippen molar-refractivity contribution >= 4 is 11.9 Å². The normalized spacial score (nSPS) is 15.4. The summed E-state index contributed by atoms with van der Waals surface area (Å²) in [7, 11) is 0. The molecule has 3 N–H and O–H groups in total. The Bertz CT molecular complexity index is 225. The fourth-order valence-electron chi connectivity index (χ4n) is 1.61. The molecule has 0 spiro atoms. The number of likely N-dealkylation sites (tertiary alicyclic amines) is 1. The maximum atomic E-state index is 11.5. The molecule has 1 saturated heterocycles. The lowest BCUT2D eigenvalue weighted by molar-refractivity contribution is -0.120. The molecule has 1 heterocycles. The van der Waals surface area contributed by atoms with E-state index in [4.69, 9.17) is 5.73 Å². The molecule has 0 aromatic carbocycles. The second-order valence-electron chi connectivity index (χ2n) is 3.79. The molecule has 1 aliphatic heterocycles. The molecule has 0 radical (unpaired) electrons. The number of nitrogens with two attached hydrogens (primary N) is 1. The van der Waals surface area contributed by atoms with Gasteiger partial charge in [-0.05, 0) is 32.2 Å². The van der Waals surface area contributed by atoms with Crippen molar-refractivity contribution in [1.82, 2.24) is 10.2 Å². The molecule has 0 bridgehead atoms. The Labute approximate surface area is 90.0 Å². The Morgan fingerprint density at radius 1 is 1.20 bits per heavy atom. The lowest BCUT2D eigenvalue weighted by atomic mass is 10.2. The SMILES string of the molecule is NCCCCC(=O)NC(=O)N1CCCC1. The van der Waals surface area contributed by atoms with Gasteiger partial charge in [0.05, 0.1) is 0 Å². The van der Waals surface area contributed by atoms with Crippen LogP contribution < -0.4 is 11.1 Å². The molecule has 5 heteroatoms. The number of carbonyl (C=O) groups excluding carboxylic acids is 2. The van der Waals surface area contributed by atoms with Crippen molar-refractivity contribution in [2.75, 3.05) is 19.6 Å². The van der Waals surface area contributed by atoms with Crippen molar-refractivity contribution in [3.05, 3.63) is 0 Å². The van der Waals surface area contributed by atoms with Gasteiger partial charge in [-0.3, -0.25) is 10.1 Å². The Hall–Kier alpha value is -1.10. The minimum absolute atomic E-state index is 0.194. The molecule has 15 heavy (non-hydrogen) atoms. The number of nitrogens with one attached hydrogen (secondary N) is 1. The van der Waals surface area contributed by atoms with Gasteiger partial charge in [0, 0.05) is 19.5 Å². The van der Waals surface area contributed by atoms with E-state index in [1.807, 2.05) is 0 Å². The predicted molar refractivity (Wildman–Crippen MR) is 57.3 cm³/mol. The van der Waals surface area contributed by atoms with Crippen molar-refractivity contribution in [1.29, 1.82) is 0 Å². The monoisotopic (exact) mass is 213 g/mol. The van der Waals surface area contributed by atoms with Gasteiger partial charge >= 0.3 is 6.03 Å². The van der Waals surface area contributed by atoms with Crippen LogP contribution in [-0.4, -0.2) is 36.5 Å². The Kier molecular flexibility index (Phi) is 5.10. The van der Waals surface area contributed by atoms with E-state index < -0.39 is 0 Å². The molecular formula is C10H19N3O2. The van der Waals surface area contributed by atoms with Gasteiger partial charge in [0.1, 0.15) is 0 Å². The van der Waals surface area contributed by atoms with Crippen molar-refractivity contribution in [2.45, 2.75) is 32.1 Å². The number of imide groups is 1. The fourth-order valence-corrected chi connectivity index (χ4v) is 1.61. The van der Waals surface area contributed by atoms with Gasteiger partial charge in [0.15, 0.2) is 0 Å². The highest BCUT2D eigenvalue weighted by molar-refractivity contribution is 5.94. The summed E-state index contributed by atoms with van der Waals surface area (Å²) in [5.41, 5.74) is 5.31. The first-order chi connectivity index (χ1) is 7.24. The van der Waals surface area contributed by atoms with E-state index in [-0.39, 0.29) is 11.9 Å². The lowest BCUT2D eigenvalue weighted by Gasteiger charge is -2.15. The van der Waals surface area contributed by atoms with Crippen LogP contribution in [0.25, 0.3) is 0 Å². The van der Waals surface area contributed by atoms with Gasteiger partial charge in [-0.15, -0.1) is 0 Å². The Balaban J connectivity index is 2.16. The second-order valence-corrected chi connectivity index (χ2v) is 3.79. The molecule has 1 fully saturated rings. The number of nitrogens with zero attached hydrogens (tertiary/aromatic N) is 1. The summed E-state index contributed by atoms with van der Waals surface area (Å²) in [5, 5.41) is 2.39. The van der Waals surface area contributed by atoms with Crippen molar-refractivity contribution < 1.29 is 9.59 Å². The predicted octanol–water partition coefficient (Wildman–Crippen LogP) is 0.447. The number of hydrogen-bond donors (Lipinski definition) is 2. The van der Waals surface area contributed by atoms with Crippen LogP contribution in [-0.2, 0) is 4.79 Å². The first-order valence-electron chi connectivity index (χ1n) is 5.53. The quantitative estimate of drug-likeness (QED) is 0.666. The van der Waals surface area contributed by atoms with Crippen LogP contribution in [0, 0.1) is 0 Å². The van der Waals surface area contributed by atoms with Gasteiger partial charge in [-0.25, -0.2) is 4.79 Å². The van der Waals surface area contributed by atoms with E-state index in [1.54, 1.807) is 4.90 Å². The third kappa shape index (κ3) is 4.29. The Morgan fingerprint density at radius 2 is 1.87 bits per heavy atom. The van der Waals surface area contributed by atoms with Crippen LogP contribution in [0.5, 0.6) is 0 Å². The van der Waals surface area contributed by atoms with E-state index >= 15 is 0 Å². The minimum atomic E-state index is -0.245. The highest BCUT2D eigenvalue weighted by Gasteiger charge is 2.19. The molecule has 0 saturated carbocycles. The number of hydrogen-bond acceptors (Lipinski definition) is 3. The average molecular weight is 213 g/mol. The van der Waals surface area contributed by atoms with Crippen LogP contribution in [0.15, 0.2) is 0 Å². The summed E-state index contributed by atoms with van der Waals surface area (Å²) in [6, 6.07) is -0.245. The van der Waals surface area contributed by atoms with Crippen LogP contribution in [0.4, 0.5) is 4.79 Å². The largest absolute Gasteiger partial charge is 0.330 e. The first-order valence-corrected chi connectivity index (χ1v) is 5.53. The minimum Gasteiger partial charge on any atom is -0.330 e. The molecule has 86 valence electrons. The van der Waals surface area contributed by atoms with Crippen LogP contribution >= 0.6 is 0 Å². The molecule has 0 unspecified atom stereocenters. The maximum Gasteiger partial charge on any atom is 0.324 e. The van der Waals surface area contributed by atoms with Crippen molar-refractivity contribution in [2.24, 2.45) is 5.73 Å². The molecular weight excluding hydrogens is 194 g/mol. The molecule has 1 aliphatic rings. The number of rotatable bonds is 4. The summed E-state index contributed by atoms with van der Waals surface area (Å²) >= 11 is 0. The van der Waals surface area contributed by atoms with E-state index in [0.717, 1.165) is 38.8 Å². The molecule has 0 aliphatic carbocycles. The van der Waals surface area contributed by atoms with E-state index in [0.29, 0.717) is 13.0 Å². The van der Waals surface area contributed by atoms with Gasteiger partial charge in [-0.2, -0.15) is 0 Å². The summed E-state index contributed by atoms with van der Waals surface area (Å²) < 4.78 is 0. The third-order valence-electron chi connectivity index (χ3n) is 2.50. The number of unbranched alkanes of at least 4 members (excludes halogenated alkanes) is 1. The number of urea groups is 1. The molecule has 3 amide bonds. The summed E-state index contributed by atoms with van der Waals surface area (Å²) in [6.07, 6.45) is 4.03. The van der Waals surface area contributed by atoms with Gasteiger partial charge in [0.25, 0.3) is 0 Å². The Morgan fingerprint density at radius 3 is 2.47 bits per heavy atom. The molecule has 0 aromatic heterocycles. The highest BCUT2D eigenvalue weighted by atomic mass is 16.2. The van der Waals surface area contributed by atoms with Crippen molar-refractivity contribution in [3.63, 3.8) is 0 Å². The summed E-state index contributed by atoms with van der Waals surface area (Å²) in [6.45, 7) is 2.12. The van der Waals surface area contributed by atoms with Gasteiger partial charge in [-0.1, -0.05) is 0 Å². The zero-order valence-electron chi connectivity index (χ0n) is 9.00. The molecule has 0 atom stereocenters. The maximum absolute atomic E-state index is 11.5. The summed E-state index contributed by atoms with van der Waals surface area (Å²) in [5.74, 6) is -0.194. The van der Waals surface area contributed by atoms with Crippen LogP contribution in [0.1, 0.15) is 32.1 Å². The topological polar surface area (TPSA) is 75.4 Å². The van der Waals surface area contributed by atoms with Crippen LogP contribution in [0.3, 0.4) is 0 Å².